The number of alkyl halides is 3. The van der Waals surface area contributed by atoms with E-state index >= 15 is 0 Å². The van der Waals surface area contributed by atoms with Gasteiger partial charge in [-0.2, -0.15) is 18.3 Å². The smallest absolute Gasteiger partial charge is 0.382 e. The van der Waals surface area contributed by atoms with Crippen LogP contribution in [0.2, 0.25) is 0 Å². The number of H-pyrrole nitrogens is 1. The molecule has 2 aromatic rings. The van der Waals surface area contributed by atoms with Gasteiger partial charge < -0.3 is 5.73 Å². The van der Waals surface area contributed by atoms with Crippen LogP contribution in [0.4, 0.5) is 19.0 Å². The van der Waals surface area contributed by atoms with Crippen LogP contribution in [0.3, 0.4) is 0 Å². The lowest BCUT2D eigenvalue weighted by molar-refractivity contribution is -0.140. The Hall–Kier alpha value is -1.98. The van der Waals surface area contributed by atoms with Gasteiger partial charge in [0, 0.05) is 0 Å². The number of rotatable bonds is 1. The molecule has 3 nitrogen and oxygen atoms in total. The minimum absolute atomic E-state index is 0.0920. The van der Waals surface area contributed by atoms with Gasteiger partial charge in [0.2, 0.25) is 0 Å². The van der Waals surface area contributed by atoms with E-state index in [-0.39, 0.29) is 11.4 Å². The number of aromatic amines is 1. The molecule has 0 aliphatic carbocycles. The van der Waals surface area contributed by atoms with Gasteiger partial charge in [0.25, 0.3) is 0 Å². The van der Waals surface area contributed by atoms with Crippen molar-refractivity contribution in [2.24, 2.45) is 0 Å². The lowest BCUT2D eigenvalue weighted by atomic mass is 10.00. The van der Waals surface area contributed by atoms with Crippen LogP contribution in [0.1, 0.15) is 16.8 Å². The lowest BCUT2D eigenvalue weighted by Crippen LogP contribution is -2.07. The number of nitrogens with zero attached hydrogens (tertiary/aromatic N) is 1. The van der Waals surface area contributed by atoms with Crippen LogP contribution in [0.15, 0.2) is 18.2 Å². The van der Waals surface area contributed by atoms with Gasteiger partial charge in [0.05, 0.1) is 5.56 Å². The number of hydrogen-bond acceptors (Lipinski definition) is 2. The molecule has 0 saturated carbocycles. The predicted octanol–water partition coefficient (Wildman–Crippen LogP) is 3.29. The first-order valence-electron chi connectivity index (χ1n) is 5.29. The maximum atomic E-state index is 12.8. The molecule has 0 spiro atoms. The highest BCUT2D eigenvalue weighted by Crippen LogP contribution is 2.38. The Morgan fingerprint density at radius 1 is 1.17 bits per heavy atom. The topological polar surface area (TPSA) is 54.7 Å². The van der Waals surface area contributed by atoms with Crippen LogP contribution in [0.5, 0.6) is 0 Å². The molecular formula is C12H12F3N3. The first-order valence-corrected chi connectivity index (χ1v) is 5.29. The van der Waals surface area contributed by atoms with Gasteiger partial charge in [-0.3, -0.25) is 5.10 Å². The average molecular weight is 255 g/mol. The molecule has 0 radical (unpaired) electrons. The van der Waals surface area contributed by atoms with E-state index in [4.69, 9.17) is 5.73 Å². The van der Waals surface area contributed by atoms with Crippen molar-refractivity contribution < 1.29 is 13.2 Å². The second-order valence-electron chi connectivity index (χ2n) is 4.16. The van der Waals surface area contributed by atoms with E-state index in [0.29, 0.717) is 5.56 Å². The van der Waals surface area contributed by atoms with Crippen molar-refractivity contribution in [2.45, 2.75) is 20.0 Å². The number of hydrogen-bond donors (Lipinski definition) is 2. The SMILES string of the molecule is Cc1ccc(-c2c(N)n[nH]c2C(F)(F)F)cc1C. The molecule has 1 aromatic heterocycles. The van der Waals surface area contributed by atoms with Crippen LogP contribution in [-0.4, -0.2) is 10.2 Å². The van der Waals surface area contributed by atoms with Crippen molar-refractivity contribution in [1.82, 2.24) is 10.2 Å². The molecule has 0 atom stereocenters. The number of anilines is 1. The quantitative estimate of drug-likeness (QED) is 0.821. The molecule has 0 aliphatic rings. The van der Waals surface area contributed by atoms with Gasteiger partial charge in [-0.25, -0.2) is 0 Å². The van der Waals surface area contributed by atoms with E-state index in [1.807, 2.05) is 18.9 Å². The molecule has 1 heterocycles. The van der Waals surface area contributed by atoms with Crippen molar-refractivity contribution >= 4 is 5.82 Å². The molecule has 6 heteroatoms. The van der Waals surface area contributed by atoms with E-state index < -0.39 is 11.9 Å². The summed E-state index contributed by atoms with van der Waals surface area (Å²) in [5, 5.41) is 5.39. The minimum Gasteiger partial charge on any atom is -0.382 e. The Kier molecular flexibility index (Phi) is 2.80. The monoisotopic (exact) mass is 255 g/mol. The summed E-state index contributed by atoms with van der Waals surface area (Å²) in [6, 6.07) is 5.04. The number of nitrogen functional groups attached to an aromatic ring is 1. The zero-order valence-electron chi connectivity index (χ0n) is 9.89. The molecule has 0 amide bonds. The highest BCUT2D eigenvalue weighted by atomic mass is 19.4. The zero-order valence-corrected chi connectivity index (χ0v) is 9.89. The lowest BCUT2D eigenvalue weighted by Gasteiger charge is -2.09. The summed E-state index contributed by atoms with van der Waals surface area (Å²) in [5.74, 6) is -0.148. The molecule has 0 aliphatic heterocycles. The van der Waals surface area contributed by atoms with E-state index in [9.17, 15) is 13.2 Å². The van der Waals surface area contributed by atoms with E-state index in [2.05, 4.69) is 5.10 Å². The summed E-state index contributed by atoms with van der Waals surface area (Å²) in [5.41, 5.74) is 6.84. The van der Waals surface area contributed by atoms with Gasteiger partial charge in [0.1, 0.15) is 5.69 Å². The van der Waals surface area contributed by atoms with Gasteiger partial charge in [-0.15, -0.1) is 0 Å². The number of aryl methyl sites for hydroxylation is 2. The van der Waals surface area contributed by atoms with E-state index in [1.54, 1.807) is 18.2 Å². The van der Waals surface area contributed by atoms with E-state index in [0.717, 1.165) is 11.1 Å². The molecule has 2 rings (SSSR count). The summed E-state index contributed by atoms with van der Waals surface area (Å²) in [7, 11) is 0. The zero-order chi connectivity index (χ0) is 13.5. The first kappa shape index (κ1) is 12.5. The van der Waals surface area contributed by atoms with Crippen LogP contribution < -0.4 is 5.73 Å². The highest BCUT2D eigenvalue weighted by Gasteiger charge is 2.37. The third kappa shape index (κ3) is 2.05. The van der Waals surface area contributed by atoms with Crippen LogP contribution >= 0.6 is 0 Å². The number of halogens is 3. The Balaban J connectivity index is 2.63. The Bertz CT molecular complexity index is 585. The fourth-order valence-corrected chi connectivity index (χ4v) is 1.75. The average Bonchev–Trinajstić information content (AvgIpc) is 2.64. The standard InChI is InChI=1S/C12H12F3N3/c1-6-3-4-8(5-7(6)2)9-10(12(13,14)15)17-18-11(9)16/h3-5H,1-2H3,(H3,16,17,18). The second-order valence-corrected chi connectivity index (χ2v) is 4.16. The molecule has 0 fully saturated rings. The predicted molar refractivity (Wildman–Crippen MR) is 62.9 cm³/mol. The van der Waals surface area contributed by atoms with Crippen LogP contribution in [-0.2, 0) is 6.18 Å². The van der Waals surface area contributed by atoms with E-state index in [1.165, 1.54) is 0 Å². The number of aromatic nitrogens is 2. The molecule has 0 saturated heterocycles. The summed E-state index contributed by atoms with van der Waals surface area (Å²) in [6.45, 7) is 3.73. The Morgan fingerprint density at radius 2 is 1.83 bits per heavy atom. The second kappa shape index (κ2) is 4.04. The largest absolute Gasteiger partial charge is 0.433 e. The molecule has 0 bridgehead atoms. The van der Waals surface area contributed by atoms with Gasteiger partial charge in [-0.1, -0.05) is 18.2 Å². The summed E-state index contributed by atoms with van der Waals surface area (Å²) in [6.07, 6.45) is -4.50. The Labute approximate surface area is 102 Å². The van der Waals surface area contributed by atoms with Gasteiger partial charge in [0.15, 0.2) is 5.82 Å². The summed E-state index contributed by atoms with van der Waals surface area (Å²) >= 11 is 0. The minimum atomic E-state index is -4.50. The maximum absolute atomic E-state index is 12.8. The molecule has 18 heavy (non-hydrogen) atoms. The number of nitrogens with two attached hydrogens (primary N) is 1. The normalized spacial score (nSPS) is 11.8. The summed E-state index contributed by atoms with van der Waals surface area (Å²) < 4.78 is 38.4. The van der Waals surface area contributed by atoms with Gasteiger partial charge >= 0.3 is 6.18 Å². The van der Waals surface area contributed by atoms with Crippen molar-refractivity contribution in [3.8, 4) is 11.1 Å². The van der Waals surface area contributed by atoms with Crippen LogP contribution in [0.25, 0.3) is 11.1 Å². The van der Waals surface area contributed by atoms with Gasteiger partial charge in [-0.05, 0) is 30.5 Å². The molecular weight excluding hydrogens is 243 g/mol. The first-order chi connectivity index (χ1) is 8.30. The van der Waals surface area contributed by atoms with Crippen molar-refractivity contribution in [3.63, 3.8) is 0 Å². The van der Waals surface area contributed by atoms with Crippen molar-refractivity contribution in [3.05, 3.63) is 35.0 Å². The highest BCUT2D eigenvalue weighted by molar-refractivity contribution is 5.77. The third-order valence-electron chi connectivity index (χ3n) is 2.87. The molecule has 3 N–H and O–H groups in total. The maximum Gasteiger partial charge on any atom is 0.433 e. The van der Waals surface area contributed by atoms with Crippen molar-refractivity contribution in [2.75, 3.05) is 5.73 Å². The number of benzene rings is 1. The number of nitrogens with one attached hydrogen (secondary N) is 1. The molecule has 96 valence electrons. The van der Waals surface area contributed by atoms with Crippen LogP contribution in [0, 0.1) is 13.8 Å². The van der Waals surface area contributed by atoms with Crippen molar-refractivity contribution in [1.29, 1.82) is 0 Å². The molecule has 0 unspecified atom stereocenters. The Morgan fingerprint density at radius 3 is 2.39 bits per heavy atom. The fourth-order valence-electron chi connectivity index (χ4n) is 1.75. The molecule has 1 aromatic carbocycles. The summed E-state index contributed by atoms with van der Waals surface area (Å²) in [4.78, 5) is 0. The fraction of sp³-hybridized carbons (Fsp3) is 0.250. The third-order valence-corrected chi connectivity index (χ3v) is 2.87.